The molecule has 0 atom stereocenters. The fourth-order valence-electron chi connectivity index (χ4n) is 3.18. The SMILES string of the molecule is Cc1ccc(S(=O)(=O)Oc2nc(N)nc3c2CCCCC3(C)C)cc1. The molecule has 7 heteroatoms. The van der Waals surface area contributed by atoms with E-state index >= 15 is 0 Å². The summed E-state index contributed by atoms with van der Waals surface area (Å²) in [4.78, 5) is 8.57. The average Bonchev–Trinajstić information content (AvgIpc) is 2.66. The van der Waals surface area contributed by atoms with Crippen molar-refractivity contribution in [3.8, 4) is 5.88 Å². The van der Waals surface area contributed by atoms with Gasteiger partial charge in [-0.25, -0.2) is 4.98 Å². The van der Waals surface area contributed by atoms with Crippen molar-refractivity contribution in [3.63, 3.8) is 0 Å². The molecule has 3 rings (SSSR count). The normalized spacial score (nSPS) is 16.8. The maximum absolute atomic E-state index is 12.6. The third-order valence-corrected chi connectivity index (χ3v) is 5.83. The van der Waals surface area contributed by atoms with Crippen LogP contribution in [0.5, 0.6) is 5.88 Å². The number of anilines is 1. The van der Waals surface area contributed by atoms with Crippen molar-refractivity contribution in [2.45, 2.75) is 56.8 Å². The number of aromatic nitrogens is 2. The minimum absolute atomic E-state index is 0.0304. The first kappa shape index (κ1) is 17.7. The lowest BCUT2D eigenvalue weighted by Crippen LogP contribution is -2.22. The van der Waals surface area contributed by atoms with Gasteiger partial charge in [0, 0.05) is 11.0 Å². The molecule has 0 bridgehead atoms. The van der Waals surface area contributed by atoms with Crippen molar-refractivity contribution in [1.82, 2.24) is 9.97 Å². The minimum Gasteiger partial charge on any atom is -0.368 e. The second kappa shape index (κ2) is 6.29. The van der Waals surface area contributed by atoms with Crippen LogP contribution >= 0.6 is 0 Å². The predicted octanol–water partition coefficient (Wildman–Crippen LogP) is 3.14. The van der Waals surface area contributed by atoms with E-state index in [-0.39, 0.29) is 22.1 Å². The summed E-state index contributed by atoms with van der Waals surface area (Å²) in [6, 6.07) is 6.51. The van der Waals surface area contributed by atoms with Crippen LogP contribution in [0.2, 0.25) is 0 Å². The standard InChI is InChI=1S/C18H23N3O3S/c1-12-7-9-13(10-8-12)25(22,23)24-16-14-6-4-5-11-18(2,3)15(14)20-17(19)21-16/h7-10H,4-6,11H2,1-3H3,(H2,19,20,21). The molecule has 1 aromatic heterocycles. The minimum atomic E-state index is -3.98. The number of hydrogen-bond donors (Lipinski definition) is 1. The van der Waals surface area contributed by atoms with E-state index in [2.05, 4.69) is 23.8 Å². The van der Waals surface area contributed by atoms with E-state index in [4.69, 9.17) is 9.92 Å². The Bertz CT molecular complexity index is 891. The van der Waals surface area contributed by atoms with E-state index in [0.717, 1.165) is 36.1 Å². The first-order valence-electron chi connectivity index (χ1n) is 8.37. The second-order valence-corrected chi connectivity index (χ2v) is 8.70. The van der Waals surface area contributed by atoms with Gasteiger partial charge < -0.3 is 9.92 Å². The number of nitrogens with zero attached hydrogens (tertiary/aromatic N) is 2. The van der Waals surface area contributed by atoms with Gasteiger partial charge in [-0.05, 0) is 38.3 Å². The van der Waals surface area contributed by atoms with Crippen LogP contribution in [0.4, 0.5) is 5.95 Å². The Labute approximate surface area is 148 Å². The molecule has 134 valence electrons. The molecule has 0 saturated carbocycles. The summed E-state index contributed by atoms with van der Waals surface area (Å²) in [5.41, 5.74) is 8.14. The lowest BCUT2D eigenvalue weighted by Gasteiger charge is -2.24. The summed E-state index contributed by atoms with van der Waals surface area (Å²) in [6.45, 7) is 6.06. The number of nitrogen functional groups attached to an aromatic ring is 1. The topological polar surface area (TPSA) is 95.2 Å². The molecule has 6 nitrogen and oxygen atoms in total. The third-order valence-electron chi connectivity index (χ3n) is 4.60. The Morgan fingerprint density at radius 3 is 2.48 bits per heavy atom. The zero-order valence-electron chi connectivity index (χ0n) is 14.7. The number of nitrogens with two attached hydrogens (primary N) is 1. The van der Waals surface area contributed by atoms with Gasteiger partial charge >= 0.3 is 10.1 Å². The van der Waals surface area contributed by atoms with Crippen LogP contribution in [0.15, 0.2) is 29.2 Å². The smallest absolute Gasteiger partial charge is 0.340 e. The van der Waals surface area contributed by atoms with Gasteiger partial charge in [0.15, 0.2) is 0 Å². The monoisotopic (exact) mass is 361 g/mol. The van der Waals surface area contributed by atoms with E-state index in [9.17, 15) is 8.42 Å². The fourth-order valence-corrected chi connectivity index (χ4v) is 4.09. The predicted molar refractivity (Wildman–Crippen MR) is 96.0 cm³/mol. The Morgan fingerprint density at radius 1 is 1.12 bits per heavy atom. The molecular formula is C18H23N3O3S. The molecule has 0 saturated heterocycles. The molecule has 0 unspecified atom stereocenters. The van der Waals surface area contributed by atoms with Crippen molar-refractivity contribution in [3.05, 3.63) is 41.1 Å². The molecule has 1 aliphatic rings. The summed E-state index contributed by atoms with van der Waals surface area (Å²) < 4.78 is 30.7. The van der Waals surface area contributed by atoms with Crippen molar-refractivity contribution < 1.29 is 12.6 Å². The van der Waals surface area contributed by atoms with E-state index in [1.54, 1.807) is 12.1 Å². The zero-order chi connectivity index (χ0) is 18.2. The summed E-state index contributed by atoms with van der Waals surface area (Å²) in [5, 5.41) is 0. The van der Waals surface area contributed by atoms with Crippen LogP contribution in [0, 0.1) is 6.92 Å². The van der Waals surface area contributed by atoms with Crippen molar-refractivity contribution in [2.75, 3.05) is 5.73 Å². The third kappa shape index (κ3) is 3.61. The molecule has 2 N–H and O–H groups in total. The number of benzene rings is 1. The van der Waals surface area contributed by atoms with Gasteiger partial charge in [0.05, 0.1) is 5.69 Å². The van der Waals surface area contributed by atoms with Gasteiger partial charge in [-0.15, -0.1) is 0 Å². The van der Waals surface area contributed by atoms with Crippen LogP contribution in [-0.4, -0.2) is 18.4 Å². The summed E-state index contributed by atoms with van der Waals surface area (Å²) in [5.74, 6) is 0.0841. The molecule has 0 spiro atoms. The first-order chi connectivity index (χ1) is 11.7. The number of fused-ring (bicyclic) bond motifs is 1. The fraction of sp³-hybridized carbons (Fsp3) is 0.444. The van der Waals surface area contributed by atoms with Gasteiger partial charge in [-0.1, -0.05) is 38.0 Å². The molecule has 0 fully saturated rings. The van der Waals surface area contributed by atoms with Crippen LogP contribution in [0.1, 0.15) is 49.9 Å². The summed E-state index contributed by atoms with van der Waals surface area (Å²) in [6.07, 6.45) is 3.61. The Kier molecular flexibility index (Phi) is 4.45. The molecule has 1 aliphatic carbocycles. The van der Waals surface area contributed by atoms with Gasteiger partial charge in [-0.3, -0.25) is 0 Å². The van der Waals surface area contributed by atoms with Crippen LogP contribution in [-0.2, 0) is 22.0 Å². The maximum atomic E-state index is 12.6. The first-order valence-corrected chi connectivity index (χ1v) is 9.78. The second-order valence-electron chi connectivity index (χ2n) is 7.16. The molecule has 0 radical (unpaired) electrons. The molecule has 1 aromatic carbocycles. The molecule has 1 heterocycles. The highest BCUT2D eigenvalue weighted by Gasteiger charge is 2.32. The Balaban J connectivity index is 2.06. The van der Waals surface area contributed by atoms with Crippen molar-refractivity contribution in [1.29, 1.82) is 0 Å². The van der Waals surface area contributed by atoms with E-state index in [1.807, 2.05) is 6.92 Å². The molecular weight excluding hydrogens is 338 g/mol. The van der Waals surface area contributed by atoms with E-state index in [0.29, 0.717) is 6.42 Å². The highest BCUT2D eigenvalue weighted by atomic mass is 32.2. The van der Waals surface area contributed by atoms with E-state index in [1.165, 1.54) is 12.1 Å². The number of aryl methyl sites for hydroxylation is 1. The van der Waals surface area contributed by atoms with Crippen LogP contribution in [0.25, 0.3) is 0 Å². The molecule has 0 aliphatic heterocycles. The summed E-state index contributed by atoms with van der Waals surface area (Å²) >= 11 is 0. The highest BCUT2D eigenvalue weighted by molar-refractivity contribution is 7.87. The Hall–Kier alpha value is -2.15. The number of hydrogen-bond acceptors (Lipinski definition) is 6. The summed E-state index contributed by atoms with van der Waals surface area (Å²) in [7, 11) is -3.98. The van der Waals surface area contributed by atoms with Gasteiger partial charge in [0.1, 0.15) is 4.90 Å². The maximum Gasteiger partial charge on any atom is 0.340 e. The zero-order valence-corrected chi connectivity index (χ0v) is 15.6. The van der Waals surface area contributed by atoms with Crippen molar-refractivity contribution in [2.24, 2.45) is 0 Å². The molecule has 0 amide bonds. The average molecular weight is 361 g/mol. The quantitative estimate of drug-likeness (QED) is 0.666. The highest BCUT2D eigenvalue weighted by Crippen LogP contribution is 2.38. The largest absolute Gasteiger partial charge is 0.368 e. The van der Waals surface area contributed by atoms with Gasteiger partial charge in [0.2, 0.25) is 11.8 Å². The van der Waals surface area contributed by atoms with E-state index < -0.39 is 10.1 Å². The van der Waals surface area contributed by atoms with Crippen molar-refractivity contribution >= 4 is 16.1 Å². The Morgan fingerprint density at radius 2 is 1.80 bits per heavy atom. The van der Waals surface area contributed by atoms with Gasteiger partial charge in [-0.2, -0.15) is 13.4 Å². The number of rotatable bonds is 3. The lowest BCUT2D eigenvalue weighted by atomic mass is 9.84. The lowest BCUT2D eigenvalue weighted by molar-refractivity contribution is 0.449. The van der Waals surface area contributed by atoms with Crippen LogP contribution in [0.3, 0.4) is 0 Å². The molecule has 25 heavy (non-hydrogen) atoms. The van der Waals surface area contributed by atoms with Crippen LogP contribution < -0.4 is 9.92 Å². The van der Waals surface area contributed by atoms with Gasteiger partial charge in [0.25, 0.3) is 0 Å². The molecule has 2 aromatic rings.